The van der Waals surface area contributed by atoms with Gasteiger partial charge in [-0.2, -0.15) is 0 Å². The van der Waals surface area contributed by atoms with Gasteiger partial charge in [0.1, 0.15) is 17.5 Å². The number of hydrogen-bond acceptors (Lipinski definition) is 2. The molecule has 0 aliphatic heterocycles. The minimum Gasteiger partial charge on any atom is -0.326 e. The predicted molar refractivity (Wildman–Crippen MR) is 79.0 cm³/mol. The van der Waals surface area contributed by atoms with Crippen LogP contribution in [0, 0.1) is 18.6 Å². The van der Waals surface area contributed by atoms with Gasteiger partial charge in [-0.15, -0.1) is 0 Å². The van der Waals surface area contributed by atoms with Crippen LogP contribution in [-0.4, -0.2) is 15.1 Å². The lowest BCUT2D eigenvalue weighted by Gasteiger charge is -2.21. The van der Waals surface area contributed by atoms with Crippen molar-refractivity contribution in [1.29, 1.82) is 0 Å². The Bertz CT molecular complexity index is 627. The number of imidazole rings is 1. The summed E-state index contributed by atoms with van der Waals surface area (Å²) in [4.78, 5) is 4.27. The first-order valence-electron chi connectivity index (χ1n) is 6.96. The smallest absolute Gasteiger partial charge is 0.128 e. The van der Waals surface area contributed by atoms with Crippen molar-refractivity contribution in [3.63, 3.8) is 0 Å². The van der Waals surface area contributed by atoms with E-state index in [2.05, 4.69) is 31.1 Å². The van der Waals surface area contributed by atoms with Gasteiger partial charge in [-0.3, -0.25) is 0 Å². The van der Waals surface area contributed by atoms with Crippen molar-refractivity contribution < 1.29 is 8.78 Å². The Hall–Kier alpha value is -1.75. The topological polar surface area (TPSA) is 29.9 Å². The van der Waals surface area contributed by atoms with E-state index < -0.39 is 11.6 Å². The third-order valence-electron chi connectivity index (χ3n) is 3.27. The maximum Gasteiger partial charge on any atom is 0.128 e. The molecule has 5 heteroatoms. The minimum absolute atomic E-state index is 0.0207. The molecule has 2 rings (SSSR count). The van der Waals surface area contributed by atoms with Crippen LogP contribution < -0.4 is 5.32 Å². The van der Waals surface area contributed by atoms with E-state index in [1.807, 2.05) is 11.5 Å². The van der Waals surface area contributed by atoms with Gasteiger partial charge in [-0.1, -0.05) is 0 Å². The van der Waals surface area contributed by atoms with Crippen LogP contribution >= 0.6 is 0 Å². The van der Waals surface area contributed by atoms with Gasteiger partial charge < -0.3 is 9.88 Å². The van der Waals surface area contributed by atoms with Gasteiger partial charge in [0.05, 0.1) is 12.2 Å². The molecule has 0 atom stereocenters. The summed E-state index contributed by atoms with van der Waals surface area (Å²) < 4.78 is 29.0. The molecule has 2 aromatic rings. The Morgan fingerprint density at radius 2 is 1.95 bits per heavy atom. The highest BCUT2D eigenvalue weighted by Crippen LogP contribution is 2.15. The van der Waals surface area contributed by atoms with Crippen molar-refractivity contribution in [2.75, 3.05) is 0 Å². The molecular formula is C16H21F2N3. The summed E-state index contributed by atoms with van der Waals surface area (Å²) in [6.07, 6.45) is 1.77. The molecule has 0 bridgehead atoms. The maximum absolute atomic E-state index is 13.8. The molecule has 21 heavy (non-hydrogen) atoms. The van der Waals surface area contributed by atoms with E-state index in [-0.39, 0.29) is 12.1 Å². The zero-order chi connectivity index (χ0) is 15.6. The third-order valence-corrected chi connectivity index (χ3v) is 3.27. The molecule has 0 aliphatic rings. The van der Waals surface area contributed by atoms with Crippen LogP contribution in [0.1, 0.15) is 37.9 Å². The van der Waals surface area contributed by atoms with Crippen molar-refractivity contribution in [2.24, 2.45) is 0 Å². The van der Waals surface area contributed by atoms with E-state index in [0.29, 0.717) is 12.1 Å². The number of aromatic nitrogens is 2. The lowest BCUT2D eigenvalue weighted by Crippen LogP contribution is -2.35. The molecule has 0 radical (unpaired) electrons. The molecule has 0 fully saturated rings. The van der Waals surface area contributed by atoms with Gasteiger partial charge >= 0.3 is 0 Å². The van der Waals surface area contributed by atoms with Gasteiger partial charge in [-0.05, 0) is 45.9 Å². The van der Waals surface area contributed by atoms with Crippen molar-refractivity contribution >= 4 is 0 Å². The highest BCUT2D eigenvalue weighted by Gasteiger charge is 2.14. The molecule has 1 N–H and O–H groups in total. The van der Waals surface area contributed by atoms with Gasteiger partial charge in [-0.25, -0.2) is 13.8 Å². The largest absolute Gasteiger partial charge is 0.326 e. The Labute approximate surface area is 124 Å². The third kappa shape index (κ3) is 4.11. The summed E-state index contributed by atoms with van der Waals surface area (Å²) in [7, 11) is 0. The number of benzene rings is 1. The average molecular weight is 293 g/mol. The summed E-state index contributed by atoms with van der Waals surface area (Å²) in [6, 6.07) is 3.52. The van der Waals surface area contributed by atoms with E-state index in [4.69, 9.17) is 0 Å². The first-order chi connectivity index (χ1) is 9.76. The summed E-state index contributed by atoms with van der Waals surface area (Å²) in [5, 5.41) is 3.38. The number of aryl methyl sites for hydroxylation is 1. The molecule has 0 aliphatic carbocycles. The van der Waals surface area contributed by atoms with Crippen molar-refractivity contribution in [1.82, 2.24) is 14.9 Å². The summed E-state index contributed by atoms with van der Waals surface area (Å²) in [5.41, 5.74) is 1.26. The molecule has 1 heterocycles. The van der Waals surface area contributed by atoms with Crippen molar-refractivity contribution in [2.45, 2.75) is 46.3 Å². The standard InChI is InChI=1S/C16H21F2N3/c1-11-19-8-14(9-20-16(2,3)4)21(11)10-12-7-13(17)5-6-15(12)18/h5-8,20H,9-10H2,1-4H3. The molecule has 1 aromatic carbocycles. The number of nitrogens with zero attached hydrogens (tertiary/aromatic N) is 2. The monoisotopic (exact) mass is 293 g/mol. The summed E-state index contributed by atoms with van der Waals surface area (Å²) in [6.45, 7) is 8.99. The molecule has 114 valence electrons. The van der Waals surface area contributed by atoms with E-state index in [1.54, 1.807) is 6.20 Å². The molecule has 0 saturated carbocycles. The van der Waals surface area contributed by atoms with Crippen LogP contribution in [0.15, 0.2) is 24.4 Å². The maximum atomic E-state index is 13.8. The second kappa shape index (κ2) is 5.93. The van der Waals surface area contributed by atoms with Crippen LogP contribution in [0.5, 0.6) is 0 Å². The summed E-state index contributed by atoms with van der Waals surface area (Å²) in [5.74, 6) is -0.0536. The highest BCUT2D eigenvalue weighted by molar-refractivity contribution is 5.20. The lowest BCUT2D eigenvalue weighted by molar-refractivity contribution is 0.416. The van der Waals surface area contributed by atoms with Crippen LogP contribution in [0.2, 0.25) is 0 Å². The Kier molecular flexibility index (Phi) is 4.42. The fraction of sp³-hybridized carbons (Fsp3) is 0.438. The van der Waals surface area contributed by atoms with Gasteiger partial charge in [0.25, 0.3) is 0 Å². The normalized spacial score (nSPS) is 11.9. The van der Waals surface area contributed by atoms with E-state index in [0.717, 1.165) is 23.7 Å². The summed E-state index contributed by atoms with van der Waals surface area (Å²) >= 11 is 0. The predicted octanol–water partition coefficient (Wildman–Crippen LogP) is 3.41. The second-order valence-corrected chi connectivity index (χ2v) is 6.22. The molecule has 0 saturated heterocycles. The van der Waals surface area contributed by atoms with Gasteiger partial charge in [0, 0.05) is 23.8 Å². The van der Waals surface area contributed by atoms with E-state index >= 15 is 0 Å². The number of rotatable bonds is 4. The van der Waals surface area contributed by atoms with Gasteiger partial charge in [0.2, 0.25) is 0 Å². The molecule has 0 spiro atoms. The molecular weight excluding hydrogens is 272 g/mol. The first kappa shape index (κ1) is 15.6. The Morgan fingerprint density at radius 1 is 1.24 bits per heavy atom. The number of hydrogen-bond donors (Lipinski definition) is 1. The highest BCUT2D eigenvalue weighted by atomic mass is 19.1. The average Bonchev–Trinajstić information content (AvgIpc) is 2.72. The lowest BCUT2D eigenvalue weighted by atomic mass is 10.1. The molecule has 0 unspecified atom stereocenters. The second-order valence-electron chi connectivity index (χ2n) is 6.22. The van der Waals surface area contributed by atoms with Crippen LogP contribution in [0.3, 0.4) is 0 Å². The quantitative estimate of drug-likeness (QED) is 0.936. The zero-order valence-corrected chi connectivity index (χ0v) is 12.9. The van der Waals surface area contributed by atoms with Crippen molar-refractivity contribution in [3.05, 3.63) is 53.1 Å². The number of halogens is 2. The molecule has 0 amide bonds. The number of nitrogens with one attached hydrogen (secondary N) is 1. The van der Waals surface area contributed by atoms with Crippen LogP contribution in [0.25, 0.3) is 0 Å². The Morgan fingerprint density at radius 3 is 2.62 bits per heavy atom. The van der Waals surface area contributed by atoms with Crippen molar-refractivity contribution in [3.8, 4) is 0 Å². The fourth-order valence-electron chi connectivity index (χ4n) is 2.06. The van der Waals surface area contributed by atoms with E-state index in [1.165, 1.54) is 6.07 Å². The van der Waals surface area contributed by atoms with Crippen LogP contribution in [-0.2, 0) is 13.1 Å². The fourth-order valence-corrected chi connectivity index (χ4v) is 2.06. The Balaban J connectivity index is 2.23. The zero-order valence-electron chi connectivity index (χ0n) is 12.9. The van der Waals surface area contributed by atoms with Crippen LogP contribution in [0.4, 0.5) is 8.78 Å². The van der Waals surface area contributed by atoms with E-state index in [9.17, 15) is 8.78 Å². The first-order valence-corrected chi connectivity index (χ1v) is 6.96. The molecule has 3 nitrogen and oxygen atoms in total. The minimum atomic E-state index is -0.432. The molecule has 1 aromatic heterocycles. The SMILES string of the molecule is Cc1ncc(CNC(C)(C)C)n1Cc1cc(F)ccc1F. The van der Waals surface area contributed by atoms with Gasteiger partial charge in [0.15, 0.2) is 0 Å².